The average Bonchev–Trinajstić information content (AvgIpc) is 1.07. The molecule has 0 unspecified atom stereocenters. The van der Waals surface area contributed by atoms with E-state index in [0.717, 1.165) is 36.0 Å². The van der Waals surface area contributed by atoms with Gasteiger partial charge in [-0.2, -0.15) is 0 Å². The zero-order valence-corrected chi connectivity index (χ0v) is 79.2. The highest BCUT2D eigenvalue weighted by molar-refractivity contribution is 7.93. The van der Waals surface area contributed by atoms with Gasteiger partial charge in [-0.15, -0.1) is 0 Å². The molecule has 4 aliphatic heterocycles. The van der Waals surface area contributed by atoms with Crippen LogP contribution < -0.4 is 18.9 Å². The summed E-state index contributed by atoms with van der Waals surface area (Å²) in [6.07, 6.45) is 10.9. The fourth-order valence-electron chi connectivity index (χ4n) is 16.8. The number of para-hydroxylation sites is 4. The molecular weight excluding hydrogens is 1910 g/mol. The summed E-state index contributed by atoms with van der Waals surface area (Å²) in [6.45, 7) is 4.46. The molecule has 0 atom stereocenters. The number of fused-ring (bicyclic) bond motifs is 4. The molecule has 4 aromatic heterocycles. The van der Waals surface area contributed by atoms with Crippen LogP contribution in [0.4, 0.5) is 40.3 Å². The summed E-state index contributed by atoms with van der Waals surface area (Å²) in [5.74, 6) is -3.61. The van der Waals surface area contributed by atoms with Gasteiger partial charge in [-0.25, -0.2) is 51.2 Å². The first kappa shape index (κ1) is 97.9. The Morgan fingerprint density at radius 1 is 0.282 bits per heavy atom. The lowest BCUT2D eigenvalue weighted by atomic mass is 10.1. The largest absolute Gasteiger partial charge is 0.339 e. The van der Waals surface area contributed by atoms with Gasteiger partial charge in [0.05, 0.1) is 22.1 Å². The third-order valence-electron chi connectivity index (χ3n) is 24.4. The van der Waals surface area contributed by atoms with E-state index in [1.807, 2.05) is 9.80 Å². The highest BCUT2D eigenvalue weighted by Gasteiger charge is 2.37. The highest BCUT2D eigenvalue weighted by Crippen LogP contribution is 2.35. The van der Waals surface area contributed by atoms with E-state index in [0.29, 0.717) is 104 Å². The number of piperazine rings is 4. The molecule has 10 aromatic carbocycles. The van der Waals surface area contributed by atoms with Crippen LogP contribution in [0.5, 0.6) is 0 Å². The van der Waals surface area contributed by atoms with Crippen molar-refractivity contribution in [2.45, 2.75) is 58.4 Å². The second kappa shape index (κ2) is 42.2. The molecule has 0 radical (unpaired) electrons. The zero-order chi connectivity index (χ0) is 99.7. The molecule has 14 aromatic rings. The van der Waals surface area contributed by atoms with Crippen molar-refractivity contribution in [1.82, 2.24) is 59.1 Å². The number of amides is 8. The summed E-state index contributed by atoms with van der Waals surface area (Å²) in [6, 6.07) is 64.3. The summed E-state index contributed by atoms with van der Waals surface area (Å²) in [7, 11) is -15.6. The van der Waals surface area contributed by atoms with E-state index in [1.54, 1.807) is 168 Å². The highest BCUT2D eigenvalue weighted by atomic mass is 32.2. The molecule has 4 N–H and O–H groups in total. The Hall–Kier alpha value is -15.7. The average molecular weight is 2000 g/mol. The molecule has 40 heteroatoms. The molecule has 8 amide bonds. The number of benzene rings is 10. The topological polar surface area (TPSA) is 399 Å². The van der Waals surface area contributed by atoms with E-state index in [-0.39, 0.29) is 155 Å². The molecule has 32 nitrogen and oxygen atoms in total. The molecule has 2 saturated carbocycles. The van der Waals surface area contributed by atoms with Gasteiger partial charge in [0, 0.05) is 182 Å². The van der Waals surface area contributed by atoms with Gasteiger partial charge < -0.3 is 39.2 Å². The Kier molecular flexibility index (Phi) is 29.1. The van der Waals surface area contributed by atoms with Crippen LogP contribution in [0.2, 0.25) is 0 Å². The number of halogens is 4. The first-order valence-electron chi connectivity index (χ1n) is 45.2. The molecular formula is C102H92F4N16O16S4. The van der Waals surface area contributed by atoms with E-state index >= 15 is 0 Å². The lowest BCUT2D eigenvalue weighted by Gasteiger charge is -2.34. The van der Waals surface area contributed by atoms with E-state index in [2.05, 4.69) is 38.8 Å². The van der Waals surface area contributed by atoms with Crippen molar-refractivity contribution in [2.24, 2.45) is 11.8 Å². The Morgan fingerprint density at radius 3 is 0.718 bits per heavy atom. The Bertz CT molecular complexity index is 7230. The summed E-state index contributed by atoms with van der Waals surface area (Å²) >= 11 is 0. The minimum atomic E-state index is -3.94. The van der Waals surface area contributed by atoms with Crippen LogP contribution in [-0.4, -0.2) is 232 Å². The fourth-order valence-corrected chi connectivity index (χ4v) is 21.7. The van der Waals surface area contributed by atoms with Gasteiger partial charge in [0.25, 0.3) is 63.7 Å². The van der Waals surface area contributed by atoms with Crippen molar-refractivity contribution in [3.8, 4) is 0 Å². The molecule has 4 saturated heterocycles. The maximum absolute atomic E-state index is 13.5. The second-order valence-corrected chi connectivity index (χ2v) is 41.3. The van der Waals surface area contributed by atoms with Crippen LogP contribution in [0.1, 0.15) is 78.2 Å². The maximum atomic E-state index is 13.5. The monoisotopic (exact) mass is 2000 g/mol. The number of anilines is 4. The van der Waals surface area contributed by atoms with Crippen molar-refractivity contribution in [1.29, 1.82) is 0 Å². The number of hydrogen-bond acceptors (Lipinski definition) is 20. The second-order valence-electron chi connectivity index (χ2n) is 34.7. The van der Waals surface area contributed by atoms with Gasteiger partial charge >= 0.3 is 0 Å². The summed E-state index contributed by atoms with van der Waals surface area (Å²) in [5.41, 5.74) is 4.73. The summed E-state index contributed by atoms with van der Waals surface area (Å²) < 4.78 is 168. The Balaban J connectivity index is 0.000000130. The number of carbonyl (C=O) groups excluding carboxylic acids is 8. The normalized spacial score (nSPS) is 15.4. The Labute approximate surface area is 814 Å². The Morgan fingerprint density at radius 2 is 0.500 bits per heavy atom. The first-order chi connectivity index (χ1) is 68.2. The van der Waals surface area contributed by atoms with Crippen LogP contribution in [0, 0.1) is 35.1 Å². The van der Waals surface area contributed by atoms with Gasteiger partial charge in [0.1, 0.15) is 69.0 Å². The number of hydrogen-bond donors (Lipinski definition) is 4. The van der Waals surface area contributed by atoms with Crippen LogP contribution in [0.25, 0.3) is 43.6 Å². The van der Waals surface area contributed by atoms with Gasteiger partial charge in [0.2, 0.25) is 23.6 Å². The number of carbonyl (C=O) groups is 8. The molecule has 20 rings (SSSR count). The number of rotatable bonds is 24. The van der Waals surface area contributed by atoms with E-state index in [9.17, 15) is 89.6 Å². The van der Waals surface area contributed by atoms with Crippen LogP contribution >= 0.6 is 0 Å². The molecule has 0 spiro atoms. The van der Waals surface area contributed by atoms with Crippen molar-refractivity contribution >= 4 is 154 Å². The number of pyridine rings is 4. The third-order valence-corrected chi connectivity index (χ3v) is 30.1. The first-order valence-corrected chi connectivity index (χ1v) is 51.2. The fraction of sp³-hybridized carbons (Fsp3) is 0.216. The predicted octanol–water partition coefficient (Wildman–Crippen LogP) is 13.1. The molecule has 8 heterocycles. The molecule has 0 bridgehead atoms. The van der Waals surface area contributed by atoms with Gasteiger partial charge in [-0.05, 0) is 219 Å². The molecule has 2 aliphatic carbocycles. The molecule has 728 valence electrons. The third kappa shape index (κ3) is 23.7. The van der Waals surface area contributed by atoms with Gasteiger partial charge in [-0.1, -0.05) is 72.8 Å². The SMILES string of the molecule is O=C1CN(C(=O)c2ccc(NS(=O)(=O)c3cccc4cccnc34)cc2)CCN1CC1CC1.O=C1CN(C(=O)c2ccc(NS(=O)(=O)c3cccc4cccnc34)cc2)CCN1CC1CC1.O=C1CN(C(=O)c2ccc(NS(=O)(=O)c3cccc4cccnc34)cc2)CCN1Cc1cc(F)cc(F)c1.O=C1CN(C(=O)c2ccc(NS(=O)(=O)c3cccc4cccnc34)cc2)CCN1Cc1cc(F)cc(F)c1. The van der Waals surface area contributed by atoms with E-state index in [4.69, 9.17) is 0 Å². The lowest BCUT2D eigenvalue weighted by molar-refractivity contribution is -0.136. The minimum absolute atomic E-state index is 0.0189. The minimum Gasteiger partial charge on any atom is -0.339 e. The quantitative estimate of drug-likeness (QED) is 0.0408. The molecule has 6 aliphatic rings. The van der Waals surface area contributed by atoms with Crippen molar-refractivity contribution in [2.75, 3.05) is 111 Å². The van der Waals surface area contributed by atoms with Crippen LogP contribution in [-0.2, 0) is 72.4 Å². The number of nitrogens with one attached hydrogen (secondary N) is 4. The van der Waals surface area contributed by atoms with Crippen LogP contribution in [0.3, 0.4) is 0 Å². The number of aromatic nitrogens is 4. The van der Waals surface area contributed by atoms with Crippen molar-refractivity contribution in [3.63, 3.8) is 0 Å². The van der Waals surface area contributed by atoms with Gasteiger partial charge in [-0.3, -0.25) is 77.2 Å². The number of sulfonamides is 4. The van der Waals surface area contributed by atoms with Crippen molar-refractivity contribution in [3.05, 3.63) is 336 Å². The predicted molar refractivity (Wildman–Crippen MR) is 522 cm³/mol. The van der Waals surface area contributed by atoms with Crippen LogP contribution in [0.15, 0.2) is 299 Å². The van der Waals surface area contributed by atoms with Gasteiger partial charge in [0.15, 0.2) is 0 Å². The smallest absolute Gasteiger partial charge is 0.264 e. The van der Waals surface area contributed by atoms with E-state index < -0.39 is 63.4 Å². The lowest BCUT2D eigenvalue weighted by Crippen LogP contribution is -2.52. The summed E-state index contributed by atoms with van der Waals surface area (Å²) in [4.78, 5) is 131. The zero-order valence-electron chi connectivity index (χ0n) is 75.9. The number of nitrogens with zero attached hydrogens (tertiary/aromatic N) is 12. The maximum Gasteiger partial charge on any atom is 0.264 e. The summed E-state index contributed by atoms with van der Waals surface area (Å²) in [5, 5.41) is 2.84. The molecule has 6 fully saturated rings. The standard InChI is InChI=1S/2C27H22F2N4O4S.2C24H24N4O4S/c2*28-21-13-18(14-22(29)15-21)16-32-11-12-33(17-25(32)34)27(35)20-6-8-23(9-7-20)31-38(36,37)24-5-1-3-19-4-2-10-30-26(19)24;2*29-22-16-28(14-13-27(22)15-17-6-7-17)24(30)19-8-10-20(11-9-19)26-33(31,32)21-5-1-3-18-4-2-12-25-23(18)21/h2*1-10,13-15,31H,11-12,16-17H2;2*1-5,8-12,17,26H,6-7,13-16H2. The van der Waals surface area contributed by atoms with Crippen molar-refractivity contribution < 1.29 is 89.6 Å². The molecule has 142 heavy (non-hydrogen) atoms. The van der Waals surface area contributed by atoms with E-state index in [1.165, 1.54) is 155 Å².